The Morgan fingerprint density at radius 2 is 2.00 bits per heavy atom. The Kier molecular flexibility index (Phi) is 4.99. The molecule has 0 amide bonds. The van der Waals surface area contributed by atoms with Crippen LogP contribution in [0.1, 0.15) is 58.9 Å². The normalized spacial score (nSPS) is 25.7. The lowest BCUT2D eigenvalue weighted by atomic mass is 9.57. The average molecular weight is 312 g/mol. The number of hydrogen-bond acceptors (Lipinski definition) is 1. The highest BCUT2D eigenvalue weighted by Gasteiger charge is 2.46. The van der Waals surface area contributed by atoms with E-state index in [0.29, 0.717) is 0 Å². The Morgan fingerprint density at radius 1 is 1.33 bits per heavy atom. The van der Waals surface area contributed by atoms with Gasteiger partial charge >= 0.3 is 0 Å². The van der Waals surface area contributed by atoms with Gasteiger partial charge in [0.15, 0.2) is 0 Å². The predicted molar refractivity (Wildman–Crippen MR) is 88.5 cm³/mol. The van der Waals surface area contributed by atoms with Crippen molar-refractivity contribution in [3.8, 4) is 0 Å². The van der Waals surface area contributed by atoms with E-state index in [-0.39, 0.29) is 21.8 Å². The molecule has 1 aliphatic carbocycles. The van der Waals surface area contributed by atoms with Gasteiger partial charge in [-0.05, 0) is 51.2 Å². The fraction of sp³-hybridized carbons (Fsp3) is 0.667. The van der Waals surface area contributed by atoms with Gasteiger partial charge in [0.25, 0.3) is 0 Å². The number of halogens is 2. The summed E-state index contributed by atoms with van der Waals surface area (Å²) in [4.78, 5) is 0. The van der Waals surface area contributed by atoms with Crippen LogP contribution < -0.4 is 5.32 Å². The van der Waals surface area contributed by atoms with Crippen molar-refractivity contribution >= 4 is 11.6 Å². The van der Waals surface area contributed by atoms with Gasteiger partial charge in [-0.15, -0.1) is 0 Å². The molecule has 0 saturated heterocycles. The van der Waals surface area contributed by atoms with E-state index in [1.165, 1.54) is 12.8 Å². The summed E-state index contributed by atoms with van der Waals surface area (Å²) in [5.41, 5.74) is 0.735. The lowest BCUT2D eigenvalue weighted by Crippen LogP contribution is -2.53. The molecule has 2 rings (SSSR count). The van der Waals surface area contributed by atoms with Gasteiger partial charge < -0.3 is 5.32 Å². The maximum Gasteiger partial charge on any atom is 0.145 e. The molecule has 0 atom stereocenters. The molecule has 0 unspecified atom stereocenters. The van der Waals surface area contributed by atoms with Gasteiger partial charge in [0.05, 0.1) is 5.02 Å². The van der Waals surface area contributed by atoms with E-state index in [1.807, 2.05) is 12.1 Å². The van der Waals surface area contributed by atoms with Gasteiger partial charge in [-0.25, -0.2) is 4.39 Å². The van der Waals surface area contributed by atoms with E-state index >= 15 is 0 Å². The molecule has 1 aliphatic rings. The summed E-state index contributed by atoms with van der Waals surface area (Å²) >= 11 is 5.99. The zero-order chi connectivity index (χ0) is 15.7. The van der Waals surface area contributed by atoms with Crippen molar-refractivity contribution in [1.82, 2.24) is 5.32 Å². The largest absolute Gasteiger partial charge is 0.311 e. The summed E-state index contributed by atoms with van der Waals surface area (Å²) in [6, 6.07) is 5.41. The Labute approximate surface area is 133 Å². The van der Waals surface area contributed by atoms with Crippen LogP contribution in [0.15, 0.2) is 18.2 Å². The molecule has 0 heterocycles. The van der Waals surface area contributed by atoms with E-state index in [1.54, 1.807) is 6.07 Å². The van der Waals surface area contributed by atoms with Gasteiger partial charge in [-0.2, -0.15) is 0 Å². The predicted octanol–water partition coefficient (Wildman–Crippen LogP) is 5.32. The summed E-state index contributed by atoms with van der Waals surface area (Å²) in [5.74, 6) is 0.486. The third-order valence-electron chi connectivity index (χ3n) is 4.54. The topological polar surface area (TPSA) is 12.0 Å². The van der Waals surface area contributed by atoms with Gasteiger partial charge in [-0.1, -0.05) is 43.5 Å². The van der Waals surface area contributed by atoms with Crippen LogP contribution >= 0.6 is 11.6 Å². The number of benzene rings is 1. The zero-order valence-corrected chi connectivity index (χ0v) is 14.4. The summed E-state index contributed by atoms with van der Waals surface area (Å²) < 4.78 is 14.5. The van der Waals surface area contributed by atoms with Crippen LogP contribution in [0.3, 0.4) is 0 Å². The molecule has 1 saturated carbocycles. The second-order valence-corrected chi connectivity index (χ2v) is 7.96. The van der Waals surface area contributed by atoms with Gasteiger partial charge in [0.2, 0.25) is 0 Å². The maximum atomic E-state index is 14.5. The average Bonchev–Trinajstić information content (AvgIpc) is 2.35. The zero-order valence-electron chi connectivity index (χ0n) is 13.6. The van der Waals surface area contributed by atoms with Crippen LogP contribution in [0, 0.1) is 11.7 Å². The first-order valence-corrected chi connectivity index (χ1v) is 8.35. The minimum Gasteiger partial charge on any atom is -0.311 e. The molecule has 0 spiro atoms. The SMILES string of the molecule is CCCC1CC(CNC(C)(C)C)(c2cccc(Cl)c2F)C1. The van der Waals surface area contributed by atoms with Crippen LogP contribution in [-0.4, -0.2) is 12.1 Å². The summed E-state index contributed by atoms with van der Waals surface area (Å²) in [7, 11) is 0. The van der Waals surface area contributed by atoms with Crippen molar-refractivity contribution in [2.45, 2.75) is 64.3 Å². The minimum absolute atomic E-state index is 0.0396. The molecular formula is C18H27ClFN. The monoisotopic (exact) mass is 311 g/mol. The van der Waals surface area contributed by atoms with Gasteiger partial charge in [0, 0.05) is 17.5 Å². The standard InChI is InChI=1S/C18H27ClFN/c1-5-7-13-10-18(11-13,12-21-17(2,3)4)14-8-6-9-15(19)16(14)20/h6,8-9,13,21H,5,7,10-12H2,1-4H3. The minimum atomic E-state index is -0.232. The molecule has 1 aromatic carbocycles. The second kappa shape index (κ2) is 6.26. The molecule has 1 N–H and O–H groups in total. The van der Waals surface area contributed by atoms with E-state index in [9.17, 15) is 4.39 Å². The lowest BCUT2D eigenvalue weighted by Gasteiger charge is -2.50. The highest BCUT2D eigenvalue weighted by molar-refractivity contribution is 6.30. The van der Waals surface area contributed by atoms with Crippen LogP contribution in [0.25, 0.3) is 0 Å². The lowest BCUT2D eigenvalue weighted by molar-refractivity contribution is 0.116. The Bertz CT molecular complexity index is 486. The van der Waals surface area contributed by atoms with Crippen molar-refractivity contribution in [2.24, 2.45) is 5.92 Å². The molecule has 0 aliphatic heterocycles. The fourth-order valence-electron chi connectivity index (χ4n) is 3.46. The summed E-state index contributed by atoms with van der Waals surface area (Å²) in [5, 5.41) is 3.80. The molecule has 21 heavy (non-hydrogen) atoms. The second-order valence-electron chi connectivity index (χ2n) is 7.55. The van der Waals surface area contributed by atoms with E-state index in [2.05, 4.69) is 33.0 Å². The number of hydrogen-bond donors (Lipinski definition) is 1. The molecule has 1 fully saturated rings. The smallest absolute Gasteiger partial charge is 0.145 e. The van der Waals surface area contributed by atoms with Crippen molar-refractivity contribution in [2.75, 3.05) is 6.54 Å². The summed E-state index contributed by atoms with van der Waals surface area (Å²) in [6.45, 7) is 9.48. The molecule has 3 heteroatoms. The van der Waals surface area contributed by atoms with Crippen LogP contribution in [0.4, 0.5) is 4.39 Å². The molecular weight excluding hydrogens is 285 g/mol. The number of nitrogens with one attached hydrogen (secondary N) is 1. The van der Waals surface area contributed by atoms with Crippen LogP contribution in [0.5, 0.6) is 0 Å². The van der Waals surface area contributed by atoms with Crippen molar-refractivity contribution in [1.29, 1.82) is 0 Å². The van der Waals surface area contributed by atoms with Crippen LogP contribution in [-0.2, 0) is 5.41 Å². The Balaban J connectivity index is 2.23. The Morgan fingerprint density at radius 3 is 2.57 bits per heavy atom. The first kappa shape index (κ1) is 16.8. The van der Waals surface area contributed by atoms with E-state index in [4.69, 9.17) is 11.6 Å². The number of rotatable bonds is 5. The van der Waals surface area contributed by atoms with E-state index in [0.717, 1.165) is 30.9 Å². The van der Waals surface area contributed by atoms with Crippen LogP contribution in [0.2, 0.25) is 5.02 Å². The van der Waals surface area contributed by atoms with Crippen molar-refractivity contribution in [3.63, 3.8) is 0 Å². The Hall–Kier alpha value is -0.600. The maximum absolute atomic E-state index is 14.5. The highest BCUT2D eigenvalue weighted by Crippen LogP contribution is 2.50. The van der Waals surface area contributed by atoms with Crippen molar-refractivity contribution < 1.29 is 4.39 Å². The molecule has 1 nitrogen and oxygen atoms in total. The van der Waals surface area contributed by atoms with E-state index < -0.39 is 0 Å². The third kappa shape index (κ3) is 3.78. The fourth-order valence-corrected chi connectivity index (χ4v) is 3.64. The molecule has 0 radical (unpaired) electrons. The highest BCUT2D eigenvalue weighted by atomic mass is 35.5. The van der Waals surface area contributed by atoms with Crippen molar-refractivity contribution in [3.05, 3.63) is 34.6 Å². The molecule has 1 aromatic rings. The van der Waals surface area contributed by atoms with Gasteiger partial charge in [0.1, 0.15) is 5.82 Å². The third-order valence-corrected chi connectivity index (χ3v) is 4.83. The first-order valence-electron chi connectivity index (χ1n) is 7.97. The summed E-state index contributed by atoms with van der Waals surface area (Å²) in [6.07, 6.45) is 4.55. The van der Waals surface area contributed by atoms with Gasteiger partial charge in [-0.3, -0.25) is 0 Å². The quantitative estimate of drug-likeness (QED) is 0.776. The molecule has 118 valence electrons. The molecule has 0 aromatic heterocycles. The first-order chi connectivity index (χ1) is 9.77. The molecule has 0 bridgehead atoms.